The lowest BCUT2D eigenvalue weighted by atomic mass is 10.3. The summed E-state index contributed by atoms with van der Waals surface area (Å²) in [4.78, 5) is 26.8. The Morgan fingerprint density at radius 1 is 1.00 bits per heavy atom. The molecule has 0 bridgehead atoms. The van der Waals surface area contributed by atoms with Gasteiger partial charge in [0.2, 0.25) is 0 Å². The van der Waals surface area contributed by atoms with E-state index in [0.29, 0.717) is 5.69 Å². The van der Waals surface area contributed by atoms with Crippen LogP contribution in [0.4, 0.5) is 5.69 Å². The molecule has 4 nitrogen and oxygen atoms in total. The molecule has 0 aliphatic carbocycles. The van der Waals surface area contributed by atoms with Crippen LogP contribution in [-0.4, -0.2) is 18.5 Å². The van der Waals surface area contributed by atoms with Crippen molar-refractivity contribution in [2.75, 3.05) is 11.9 Å². The van der Waals surface area contributed by atoms with Gasteiger partial charge < -0.3 is 10.1 Å². The first kappa shape index (κ1) is 18.9. The van der Waals surface area contributed by atoms with Gasteiger partial charge in [0.1, 0.15) is 0 Å². The maximum Gasteiger partial charge on any atom is 0.331 e. The van der Waals surface area contributed by atoms with E-state index in [0.717, 1.165) is 14.7 Å². The van der Waals surface area contributed by atoms with Gasteiger partial charge in [-0.25, -0.2) is 4.79 Å². The summed E-state index contributed by atoms with van der Waals surface area (Å²) in [5.41, 5.74) is 0.682. The summed E-state index contributed by atoms with van der Waals surface area (Å²) in [6.07, 6.45) is 2.98. The Labute approximate surface area is 165 Å². The zero-order valence-electron chi connectivity index (χ0n) is 14.3. The van der Waals surface area contributed by atoms with Gasteiger partial charge in [-0.1, -0.05) is 48.2 Å². The third kappa shape index (κ3) is 6.13. The Morgan fingerprint density at radius 2 is 1.78 bits per heavy atom. The molecule has 0 spiro atoms. The van der Waals surface area contributed by atoms with Crippen LogP contribution in [0.5, 0.6) is 0 Å². The van der Waals surface area contributed by atoms with Crippen molar-refractivity contribution in [3.05, 3.63) is 83.1 Å². The van der Waals surface area contributed by atoms with Gasteiger partial charge in [0, 0.05) is 20.7 Å². The fourth-order valence-electron chi connectivity index (χ4n) is 2.18. The maximum absolute atomic E-state index is 12.1. The molecular formula is C21H17NO3S2. The van der Waals surface area contributed by atoms with E-state index in [1.165, 1.54) is 17.4 Å². The normalized spacial score (nSPS) is 10.7. The fourth-order valence-corrected chi connectivity index (χ4v) is 3.72. The second kappa shape index (κ2) is 9.75. The number of esters is 1. The van der Waals surface area contributed by atoms with Gasteiger partial charge >= 0.3 is 5.97 Å². The molecule has 2 aromatic carbocycles. The van der Waals surface area contributed by atoms with E-state index in [1.807, 2.05) is 72.1 Å². The molecule has 0 saturated carbocycles. The van der Waals surface area contributed by atoms with Crippen molar-refractivity contribution in [3.8, 4) is 0 Å². The largest absolute Gasteiger partial charge is 0.452 e. The summed E-state index contributed by atoms with van der Waals surface area (Å²) in [6, 6.07) is 21.2. The van der Waals surface area contributed by atoms with Crippen LogP contribution < -0.4 is 5.32 Å². The molecule has 0 aliphatic heterocycles. The molecule has 1 amide bonds. The molecule has 0 atom stereocenters. The molecule has 0 radical (unpaired) electrons. The lowest BCUT2D eigenvalue weighted by Crippen LogP contribution is -2.20. The monoisotopic (exact) mass is 395 g/mol. The second-order valence-corrected chi connectivity index (χ2v) is 7.51. The Balaban J connectivity index is 1.54. The smallest absolute Gasteiger partial charge is 0.331 e. The Morgan fingerprint density at radius 3 is 2.56 bits per heavy atom. The highest BCUT2D eigenvalue weighted by molar-refractivity contribution is 7.99. The molecule has 1 heterocycles. The SMILES string of the molecule is O=C(COC(=O)C=Cc1cccs1)Nc1ccccc1Sc1ccccc1. The highest BCUT2D eigenvalue weighted by Gasteiger charge is 2.09. The van der Waals surface area contributed by atoms with Crippen LogP contribution in [0.3, 0.4) is 0 Å². The zero-order chi connectivity index (χ0) is 18.9. The van der Waals surface area contributed by atoms with E-state index >= 15 is 0 Å². The number of hydrogen-bond donors (Lipinski definition) is 1. The Bertz CT molecular complexity index is 922. The number of hydrogen-bond acceptors (Lipinski definition) is 5. The average molecular weight is 396 g/mol. The average Bonchev–Trinajstić information content (AvgIpc) is 3.21. The topological polar surface area (TPSA) is 55.4 Å². The molecule has 3 rings (SSSR count). The molecule has 6 heteroatoms. The Hall–Kier alpha value is -2.83. The molecular weight excluding hydrogens is 378 g/mol. The van der Waals surface area contributed by atoms with E-state index in [-0.39, 0.29) is 12.5 Å². The summed E-state index contributed by atoms with van der Waals surface area (Å²) >= 11 is 3.07. The molecule has 0 aliphatic rings. The van der Waals surface area contributed by atoms with Crippen LogP contribution in [0.2, 0.25) is 0 Å². The summed E-state index contributed by atoms with van der Waals surface area (Å²) in [7, 11) is 0. The number of carbonyl (C=O) groups is 2. The van der Waals surface area contributed by atoms with Crippen molar-refractivity contribution in [1.82, 2.24) is 0 Å². The minimum absolute atomic E-state index is 0.335. The van der Waals surface area contributed by atoms with Crippen molar-refractivity contribution in [2.45, 2.75) is 9.79 Å². The van der Waals surface area contributed by atoms with Crippen molar-refractivity contribution >= 4 is 46.7 Å². The van der Waals surface area contributed by atoms with Crippen molar-refractivity contribution in [2.24, 2.45) is 0 Å². The highest BCUT2D eigenvalue weighted by Crippen LogP contribution is 2.33. The van der Waals surface area contributed by atoms with Gasteiger partial charge in [-0.3, -0.25) is 4.79 Å². The van der Waals surface area contributed by atoms with E-state index in [9.17, 15) is 9.59 Å². The minimum Gasteiger partial charge on any atom is -0.452 e. The number of thiophene rings is 1. The number of carbonyl (C=O) groups excluding carboxylic acids is 2. The Kier molecular flexibility index (Phi) is 6.84. The van der Waals surface area contributed by atoms with Crippen molar-refractivity contribution in [1.29, 1.82) is 0 Å². The summed E-state index contributed by atoms with van der Waals surface area (Å²) < 4.78 is 4.99. The minimum atomic E-state index is -0.550. The number of benzene rings is 2. The number of ether oxygens (including phenoxy) is 1. The quantitative estimate of drug-likeness (QED) is 0.447. The van der Waals surface area contributed by atoms with Crippen LogP contribution in [-0.2, 0) is 14.3 Å². The molecule has 136 valence electrons. The fraction of sp³-hybridized carbons (Fsp3) is 0.0476. The van der Waals surface area contributed by atoms with Crippen LogP contribution in [0.1, 0.15) is 4.88 Å². The third-order valence-corrected chi connectivity index (χ3v) is 5.33. The van der Waals surface area contributed by atoms with Gasteiger partial charge in [-0.15, -0.1) is 11.3 Å². The van der Waals surface area contributed by atoms with E-state index in [1.54, 1.807) is 17.8 Å². The van der Waals surface area contributed by atoms with Gasteiger partial charge in [-0.2, -0.15) is 0 Å². The van der Waals surface area contributed by atoms with Crippen LogP contribution in [0.15, 0.2) is 88.0 Å². The van der Waals surface area contributed by atoms with E-state index < -0.39 is 5.97 Å². The van der Waals surface area contributed by atoms with Gasteiger partial charge in [0.15, 0.2) is 6.61 Å². The van der Waals surface area contributed by atoms with Crippen LogP contribution in [0.25, 0.3) is 6.08 Å². The number of amides is 1. The molecule has 0 fully saturated rings. The first-order valence-electron chi connectivity index (χ1n) is 8.21. The predicted octanol–water partition coefficient (Wildman–Crippen LogP) is 5.09. The zero-order valence-corrected chi connectivity index (χ0v) is 16.0. The molecule has 0 saturated heterocycles. The standard InChI is InChI=1S/C21H17NO3S2/c23-20(15-25-21(24)13-12-16-9-6-14-26-16)22-18-10-4-5-11-19(18)27-17-7-2-1-3-8-17/h1-14H,15H2,(H,22,23). The molecule has 3 aromatic rings. The summed E-state index contributed by atoms with van der Waals surface area (Å²) in [5.74, 6) is -0.931. The van der Waals surface area contributed by atoms with Crippen molar-refractivity contribution < 1.29 is 14.3 Å². The van der Waals surface area contributed by atoms with E-state index in [4.69, 9.17) is 4.74 Å². The number of anilines is 1. The van der Waals surface area contributed by atoms with E-state index in [2.05, 4.69) is 5.32 Å². The maximum atomic E-state index is 12.1. The first-order valence-corrected chi connectivity index (χ1v) is 9.90. The highest BCUT2D eigenvalue weighted by atomic mass is 32.2. The summed E-state index contributed by atoms with van der Waals surface area (Å²) in [5, 5.41) is 4.72. The molecule has 27 heavy (non-hydrogen) atoms. The predicted molar refractivity (Wildman–Crippen MR) is 110 cm³/mol. The first-order chi connectivity index (χ1) is 13.2. The molecule has 1 N–H and O–H groups in total. The number of para-hydroxylation sites is 1. The number of rotatable bonds is 7. The lowest BCUT2D eigenvalue weighted by molar-refractivity contribution is -0.142. The van der Waals surface area contributed by atoms with Crippen LogP contribution in [0, 0.1) is 0 Å². The molecule has 0 unspecified atom stereocenters. The summed E-state index contributed by atoms with van der Waals surface area (Å²) in [6.45, 7) is -0.335. The van der Waals surface area contributed by atoms with Gasteiger partial charge in [0.05, 0.1) is 5.69 Å². The van der Waals surface area contributed by atoms with Crippen molar-refractivity contribution in [3.63, 3.8) is 0 Å². The molecule has 1 aromatic heterocycles. The third-order valence-electron chi connectivity index (χ3n) is 3.40. The lowest BCUT2D eigenvalue weighted by Gasteiger charge is -2.10. The second-order valence-electron chi connectivity index (χ2n) is 5.42. The van der Waals surface area contributed by atoms with Gasteiger partial charge in [0.25, 0.3) is 5.91 Å². The van der Waals surface area contributed by atoms with Crippen LogP contribution >= 0.6 is 23.1 Å². The van der Waals surface area contributed by atoms with Gasteiger partial charge in [-0.05, 0) is 41.8 Å². The number of nitrogens with one attached hydrogen (secondary N) is 1.